The Hall–Kier alpha value is -2.90. The van der Waals surface area contributed by atoms with Crippen LogP contribution >= 0.6 is 0 Å². The SMILES string of the molecule is CC(=O)Nc1c2n(c3ccc(F)cc13)CC(C)(C(=O)NC1CCCCCC1)N(C1CCCCCC1)C2=O. The van der Waals surface area contributed by atoms with Crippen molar-refractivity contribution in [1.29, 1.82) is 0 Å². The molecule has 1 aromatic carbocycles. The zero-order chi connectivity index (χ0) is 26.2. The zero-order valence-corrected chi connectivity index (χ0v) is 22.1. The molecule has 2 N–H and O–H groups in total. The highest BCUT2D eigenvalue weighted by Crippen LogP contribution is 2.41. The maximum Gasteiger partial charge on any atom is 0.273 e. The van der Waals surface area contributed by atoms with Crippen LogP contribution in [0.3, 0.4) is 0 Å². The highest BCUT2D eigenvalue weighted by Gasteiger charge is 2.51. The molecule has 1 unspecified atom stereocenters. The van der Waals surface area contributed by atoms with Crippen LogP contribution in [-0.4, -0.2) is 44.8 Å². The molecule has 8 heteroatoms. The van der Waals surface area contributed by atoms with Gasteiger partial charge in [0.05, 0.1) is 17.7 Å². The number of hydrogen-bond acceptors (Lipinski definition) is 3. The van der Waals surface area contributed by atoms with E-state index >= 15 is 0 Å². The van der Waals surface area contributed by atoms with Crippen LogP contribution < -0.4 is 10.6 Å². The van der Waals surface area contributed by atoms with Crippen LogP contribution in [0, 0.1) is 5.82 Å². The smallest absolute Gasteiger partial charge is 0.273 e. The standard InChI is InChI=1S/C29H39FN4O3/c1-19(35)31-25-23-17-20(30)15-16-24(23)33-18-29(2,28(37)32-21-11-7-3-4-8-12-21)34(27(36)26(25)33)22-13-9-5-6-10-14-22/h15-17,21-22H,3-14,18H2,1-2H3,(H,31,35)(H,32,37). The average Bonchev–Trinajstić information content (AvgIpc) is 3.12. The molecule has 5 rings (SSSR count). The van der Waals surface area contributed by atoms with Crippen molar-refractivity contribution in [3.8, 4) is 0 Å². The molecule has 3 amide bonds. The third kappa shape index (κ3) is 4.87. The van der Waals surface area contributed by atoms with Gasteiger partial charge in [-0.15, -0.1) is 0 Å². The summed E-state index contributed by atoms with van der Waals surface area (Å²) < 4.78 is 16.1. The van der Waals surface area contributed by atoms with Gasteiger partial charge in [0, 0.05) is 24.4 Å². The molecule has 2 fully saturated rings. The molecule has 7 nitrogen and oxygen atoms in total. The van der Waals surface area contributed by atoms with Gasteiger partial charge in [-0.05, 0) is 50.8 Å². The van der Waals surface area contributed by atoms with Crippen molar-refractivity contribution in [3.63, 3.8) is 0 Å². The van der Waals surface area contributed by atoms with Gasteiger partial charge in [0.15, 0.2) is 0 Å². The molecule has 37 heavy (non-hydrogen) atoms. The van der Waals surface area contributed by atoms with Crippen molar-refractivity contribution < 1.29 is 18.8 Å². The predicted molar refractivity (Wildman–Crippen MR) is 142 cm³/mol. The highest BCUT2D eigenvalue weighted by atomic mass is 19.1. The summed E-state index contributed by atoms with van der Waals surface area (Å²) in [6.07, 6.45) is 12.5. The first-order chi connectivity index (χ1) is 17.8. The number of hydrogen-bond donors (Lipinski definition) is 2. The van der Waals surface area contributed by atoms with E-state index in [1.165, 1.54) is 31.9 Å². The quantitative estimate of drug-likeness (QED) is 0.532. The minimum atomic E-state index is -1.10. The lowest BCUT2D eigenvalue weighted by Gasteiger charge is -2.48. The van der Waals surface area contributed by atoms with E-state index in [1.54, 1.807) is 6.07 Å². The fourth-order valence-electron chi connectivity index (χ4n) is 6.77. The number of anilines is 1. The summed E-state index contributed by atoms with van der Waals surface area (Å²) in [5.74, 6) is -1.15. The highest BCUT2D eigenvalue weighted by molar-refractivity contribution is 6.14. The number of carbonyl (C=O) groups is 3. The minimum absolute atomic E-state index is 0.0615. The number of fused-ring (bicyclic) bond motifs is 3. The number of amides is 3. The third-order valence-corrected chi connectivity index (χ3v) is 8.61. The van der Waals surface area contributed by atoms with Crippen LogP contribution in [0.15, 0.2) is 18.2 Å². The Labute approximate surface area is 218 Å². The van der Waals surface area contributed by atoms with Gasteiger partial charge in [-0.2, -0.15) is 0 Å². The van der Waals surface area contributed by atoms with E-state index in [4.69, 9.17) is 0 Å². The Bertz CT molecular complexity index is 1190. The molecule has 2 aromatic rings. The Balaban J connectivity index is 1.62. The summed E-state index contributed by atoms with van der Waals surface area (Å²) in [5.41, 5.74) is 0.207. The Morgan fingerprint density at radius 3 is 2.22 bits per heavy atom. The van der Waals surface area contributed by atoms with Crippen molar-refractivity contribution in [3.05, 3.63) is 29.7 Å². The molecule has 2 saturated carbocycles. The molecule has 2 aliphatic carbocycles. The first-order valence-electron chi connectivity index (χ1n) is 14.0. The van der Waals surface area contributed by atoms with Crippen LogP contribution in [-0.2, 0) is 16.1 Å². The largest absolute Gasteiger partial charge is 0.351 e. The van der Waals surface area contributed by atoms with Gasteiger partial charge in [0.25, 0.3) is 5.91 Å². The van der Waals surface area contributed by atoms with Crippen molar-refractivity contribution in [2.75, 3.05) is 5.32 Å². The summed E-state index contributed by atoms with van der Waals surface area (Å²) in [6, 6.07) is 4.41. The van der Waals surface area contributed by atoms with Crippen molar-refractivity contribution in [2.45, 2.75) is 115 Å². The summed E-state index contributed by atoms with van der Waals surface area (Å²) in [4.78, 5) is 42.5. The van der Waals surface area contributed by atoms with Gasteiger partial charge in [0.1, 0.15) is 17.1 Å². The lowest BCUT2D eigenvalue weighted by molar-refractivity contribution is -0.135. The second-order valence-electron chi connectivity index (χ2n) is 11.4. The number of nitrogens with one attached hydrogen (secondary N) is 2. The number of benzene rings is 1. The molecular weight excluding hydrogens is 471 g/mol. The predicted octanol–water partition coefficient (Wildman–Crippen LogP) is 5.52. The molecule has 1 aromatic heterocycles. The van der Waals surface area contributed by atoms with Crippen molar-refractivity contribution in [1.82, 2.24) is 14.8 Å². The first kappa shape index (κ1) is 25.7. The van der Waals surface area contributed by atoms with Crippen LogP contribution in [0.5, 0.6) is 0 Å². The summed E-state index contributed by atoms with van der Waals surface area (Å²) in [5, 5.41) is 6.61. The van der Waals surface area contributed by atoms with Gasteiger partial charge < -0.3 is 20.1 Å². The van der Waals surface area contributed by atoms with E-state index in [0.717, 1.165) is 64.2 Å². The van der Waals surface area contributed by atoms with Gasteiger partial charge in [0.2, 0.25) is 11.8 Å². The van der Waals surface area contributed by atoms with Crippen molar-refractivity contribution >= 4 is 34.3 Å². The average molecular weight is 511 g/mol. The molecule has 1 aliphatic heterocycles. The third-order valence-electron chi connectivity index (χ3n) is 8.61. The van der Waals surface area contributed by atoms with Gasteiger partial charge in [-0.25, -0.2) is 4.39 Å². The molecule has 3 aliphatic rings. The molecule has 1 atom stereocenters. The lowest BCUT2D eigenvalue weighted by atomic mass is 9.89. The van der Waals surface area contributed by atoms with Crippen LogP contribution in [0.4, 0.5) is 10.1 Å². The summed E-state index contributed by atoms with van der Waals surface area (Å²) in [7, 11) is 0. The second-order valence-corrected chi connectivity index (χ2v) is 11.4. The molecular formula is C29H39FN4O3. The maximum absolute atomic E-state index is 14.4. The lowest BCUT2D eigenvalue weighted by Crippen LogP contribution is -2.67. The Morgan fingerprint density at radius 1 is 0.973 bits per heavy atom. The number of nitrogens with zero attached hydrogens (tertiary/aromatic N) is 2. The number of aromatic nitrogens is 1. The summed E-state index contributed by atoms with van der Waals surface area (Å²) >= 11 is 0. The minimum Gasteiger partial charge on any atom is -0.351 e. The van der Waals surface area contributed by atoms with Crippen LogP contribution in [0.1, 0.15) is 101 Å². The molecule has 2 heterocycles. The fourth-order valence-corrected chi connectivity index (χ4v) is 6.77. The Kier molecular flexibility index (Phi) is 7.28. The molecule has 0 spiro atoms. The van der Waals surface area contributed by atoms with E-state index < -0.39 is 11.4 Å². The van der Waals surface area contributed by atoms with Crippen LogP contribution in [0.25, 0.3) is 10.9 Å². The van der Waals surface area contributed by atoms with E-state index in [1.807, 2.05) is 16.4 Å². The van der Waals surface area contributed by atoms with Gasteiger partial charge >= 0.3 is 0 Å². The molecule has 0 saturated heterocycles. The van der Waals surface area contributed by atoms with Gasteiger partial charge in [-0.1, -0.05) is 51.4 Å². The van der Waals surface area contributed by atoms with E-state index in [0.29, 0.717) is 22.3 Å². The van der Waals surface area contributed by atoms with Crippen LogP contribution in [0.2, 0.25) is 0 Å². The molecule has 0 bridgehead atoms. The first-order valence-corrected chi connectivity index (χ1v) is 14.0. The second kappa shape index (κ2) is 10.5. The molecule has 0 radical (unpaired) electrons. The fraction of sp³-hybridized carbons (Fsp3) is 0.621. The maximum atomic E-state index is 14.4. The van der Waals surface area contributed by atoms with E-state index in [9.17, 15) is 18.8 Å². The zero-order valence-electron chi connectivity index (χ0n) is 22.1. The monoisotopic (exact) mass is 510 g/mol. The van der Waals surface area contributed by atoms with Gasteiger partial charge in [-0.3, -0.25) is 14.4 Å². The topological polar surface area (TPSA) is 83.4 Å². The van der Waals surface area contributed by atoms with E-state index in [2.05, 4.69) is 10.6 Å². The normalized spacial score (nSPS) is 23.9. The number of carbonyl (C=O) groups excluding carboxylic acids is 3. The number of rotatable bonds is 4. The Morgan fingerprint density at radius 2 is 1.59 bits per heavy atom. The molecule has 200 valence electrons. The summed E-state index contributed by atoms with van der Waals surface area (Å²) in [6.45, 7) is 3.53. The van der Waals surface area contributed by atoms with Crippen molar-refractivity contribution in [2.24, 2.45) is 0 Å². The number of halogens is 1. The van der Waals surface area contributed by atoms with E-state index in [-0.39, 0.29) is 36.3 Å².